The number of benzene rings is 2. The van der Waals surface area contributed by atoms with Crippen molar-refractivity contribution >= 4 is 28.9 Å². The number of nitrogens with one attached hydrogen (secondary N) is 1. The van der Waals surface area contributed by atoms with Crippen molar-refractivity contribution in [1.29, 1.82) is 0 Å². The molecule has 0 aliphatic carbocycles. The second-order valence-corrected chi connectivity index (χ2v) is 11.1. The minimum atomic E-state index is -0.618. The molecule has 2 amide bonds. The molecule has 0 spiro atoms. The fourth-order valence-electron chi connectivity index (χ4n) is 4.96. The number of halogens is 1. The quantitative estimate of drug-likeness (QED) is 0.400. The first-order valence-electron chi connectivity index (χ1n) is 13.8. The molecule has 0 radical (unpaired) electrons. The van der Waals surface area contributed by atoms with Gasteiger partial charge in [-0.15, -0.1) is 0 Å². The van der Waals surface area contributed by atoms with Crippen LogP contribution in [0.4, 0.5) is 9.18 Å². The highest BCUT2D eigenvalue weighted by molar-refractivity contribution is 6.05. The highest BCUT2D eigenvalue weighted by Crippen LogP contribution is 2.35. The Kier molecular flexibility index (Phi) is 9.30. The lowest BCUT2D eigenvalue weighted by Gasteiger charge is -2.36. The van der Waals surface area contributed by atoms with Crippen LogP contribution in [0.25, 0.3) is 10.9 Å². The van der Waals surface area contributed by atoms with Crippen LogP contribution in [0.1, 0.15) is 65.7 Å². The highest BCUT2D eigenvalue weighted by atomic mass is 19.1. The largest absolute Gasteiger partial charge is 0.496 e. The Balaban J connectivity index is 1.64. The van der Waals surface area contributed by atoms with Gasteiger partial charge in [0.1, 0.15) is 17.2 Å². The van der Waals surface area contributed by atoms with Gasteiger partial charge in [0.2, 0.25) is 0 Å². The lowest BCUT2D eigenvalue weighted by Crippen LogP contribution is -2.49. The van der Waals surface area contributed by atoms with E-state index in [1.54, 1.807) is 36.1 Å². The Labute approximate surface area is 244 Å². The van der Waals surface area contributed by atoms with Crippen molar-refractivity contribution in [2.45, 2.75) is 45.9 Å². The zero-order valence-corrected chi connectivity index (χ0v) is 24.8. The molecule has 1 fully saturated rings. The van der Waals surface area contributed by atoms with Gasteiger partial charge in [-0.25, -0.2) is 14.0 Å². The minimum absolute atomic E-state index is 0.146. The molecule has 1 aliphatic rings. The van der Waals surface area contributed by atoms with Gasteiger partial charge in [0.15, 0.2) is 0 Å². The van der Waals surface area contributed by atoms with Crippen LogP contribution in [0, 0.1) is 5.82 Å². The molecular weight excluding hydrogens is 543 g/mol. The predicted octanol–water partition coefficient (Wildman–Crippen LogP) is 4.71. The predicted molar refractivity (Wildman–Crippen MR) is 155 cm³/mol. The highest BCUT2D eigenvalue weighted by Gasteiger charge is 2.29. The number of piperazine rings is 1. The lowest BCUT2D eigenvalue weighted by atomic mass is 10.0. The molecular formula is C31H37FN4O6. The molecule has 4 rings (SSSR count). The monoisotopic (exact) mass is 580 g/mol. The van der Waals surface area contributed by atoms with Gasteiger partial charge in [-0.3, -0.25) is 14.7 Å². The molecule has 1 atom stereocenters. The number of hydrogen-bond acceptors (Lipinski definition) is 8. The van der Waals surface area contributed by atoms with Crippen molar-refractivity contribution in [1.82, 2.24) is 20.1 Å². The number of amides is 2. The summed E-state index contributed by atoms with van der Waals surface area (Å²) in [6.45, 7) is 9.75. The maximum absolute atomic E-state index is 14.3. The first-order chi connectivity index (χ1) is 19.9. The van der Waals surface area contributed by atoms with Gasteiger partial charge in [0.25, 0.3) is 5.91 Å². The number of rotatable bonds is 7. The second-order valence-electron chi connectivity index (χ2n) is 11.1. The van der Waals surface area contributed by atoms with E-state index in [2.05, 4.69) is 10.2 Å². The van der Waals surface area contributed by atoms with E-state index < -0.39 is 29.3 Å². The molecule has 1 aromatic heterocycles. The number of esters is 1. The Bertz CT molecular complexity index is 1480. The Morgan fingerprint density at radius 1 is 1.02 bits per heavy atom. The number of methoxy groups -OCH3 is 2. The molecule has 1 saturated heterocycles. The zero-order valence-electron chi connectivity index (χ0n) is 24.8. The molecule has 1 aliphatic heterocycles. The van der Waals surface area contributed by atoms with E-state index in [0.29, 0.717) is 60.6 Å². The van der Waals surface area contributed by atoms with Crippen LogP contribution in [0.2, 0.25) is 0 Å². The smallest absolute Gasteiger partial charge is 0.410 e. The molecule has 1 N–H and O–H groups in total. The molecule has 0 saturated carbocycles. The van der Waals surface area contributed by atoms with Crippen LogP contribution in [0.5, 0.6) is 5.75 Å². The summed E-state index contributed by atoms with van der Waals surface area (Å²) >= 11 is 0. The molecule has 0 unspecified atom stereocenters. The van der Waals surface area contributed by atoms with Crippen LogP contribution in [0.3, 0.4) is 0 Å². The first-order valence-corrected chi connectivity index (χ1v) is 13.8. The van der Waals surface area contributed by atoms with Crippen molar-refractivity contribution in [2.24, 2.45) is 0 Å². The van der Waals surface area contributed by atoms with Gasteiger partial charge in [-0.1, -0.05) is 12.1 Å². The number of ether oxygens (including phenoxy) is 3. The number of fused-ring (bicyclic) bond motifs is 1. The molecule has 2 heterocycles. The third-order valence-electron chi connectivity index (χ3n) is 6.97. The normalized spacial score (nSPS) is 14.8. The fourth-order valence-corrected chi connectivity index (χ4v) is 4.96. The van der Waals surface area contributed by atoms with E-state index in [1.165, 1.54) is 32.4 Å². The molecule has 0 bridgehead atoms. The average Bonchev–Trinajstić information content (AvgIpc) is 2.95. The van der Waals surface area contributed by atoms with E-state index in [1.807, 2.05) is 20.8 Å². The molecule has 10 nitrogen and oxygen atoms in total. The summed E-state index contributed by atoms with van der Waals surface area (Å²) < 4.78 is 30.5. The van der Waals surface area contributed by atoms with Crippen LogP contribution in [-0.4, -0.2) is 78.8 Å². The third kappa shape index (κ3) is 6.96. The second kappa shape index (κ2) is 12.7. The van der Waals surface area contributed by atoms with Gasteiger partial charge in [0.05, 0.1) is 42.6 Å². The van der Waals surface area contributed by atoms with Crippen LogP contribution in [0.15, 0.2) is 42.5 Å². The topological polar surface area (TPSA) is 110 Å². The number of aromatic nitrogens is 1. The number of pyridine rings is 1. The average molecular weight is 581 g/mol. The van der Waals surface area contributed by atoms with Gasteiger partial charge in [0, 0.05) is 43.7 Å². The minimum Gasteiger partial charge on any atom is -0.496 e. The maximum atomic E-state index is 14.3. The number of nitrogens with zero attached hydrogens (tertiary/aromatic N) is 3. The first kappa shape index (κ1) is 30.7. The molecule has 224 valence electrons. The number of carbonyl (C=O) groups excluding carboxylic acids is 3. The van der Waals surface area contributed by atoms with E-state index >= 15 is 0 Å². The van der Waals surface area contributed by atoms with Gasteiger partial charge in [-0.2, -0.15) is 0 Å². The van der Waals surface area contributed by atoms with Crippen LogP contribution < -0.4 is 10.1 Å². The summed E-state index contributed by atoms with van der Waals surface area (Å²) in [5, 5.41) is 3.47. The standard InChI is InChI=1S/C31H37FN4O6/c1-19(33-28(37)21-9-7-8-10-22(21)29(38)41-6)26-24(27(40-5)23-17-20(32)11-12-25(23)34-26)18-35-13-15-36(16-14-35)30(39)42-31(2,3)4/h7-12,17,19H,13-16,18H2,1-6H3,(H,33,37)/t19-/m0/s1. The maximum Gasteiger partial charge on any atom is 0.410 e. The molecule has 2 aromatic carbocycles. The van der Waals surface area contributed by atoms with Gasteiger partial charge in [-0.05, 0) is 58.0 Å². The van der Waals surface area contributed by atoms with Crippen molar-refractivity contribution < 1.29 is 33.0 Å². The number of hydrogen-bond donors (Lipinski definition) is 1. The van der Waals surface area contributed by atoms with Crippen molar-refractivity contribution in [3.8, 4) is 5.75 Å². The summed E-state index contributed by atoms with van der Waals surface area (Å²) in [6.07, 6.45) is -0.355. The van der Waals surface area contributed by atoms with Gasteiger partial charge < -0.3 is 24.4 Å². The Morgan fingerprint density at radius 3 is 2.31 bits per heavy atom. The van der Waals surface area contributed by atoms with E-state index in [9.17, 15) is 18.8 Å². The third-order valence-corrected chi connectivity index (χ3v) is 6.97. The summed E-state index contributed by atoms with van der Waals surface area (Å²) in [7, 11) is 2.77. The van der Waals surface area contributed by atoms with Crippen LogP contribution in [-0.2, 0) is 16.0 Å². The summed E-state index contributed by atoms with van der Waals surface area (Å²) in [6, 6.07) is 10.1. The zero-order chi connectivity index (χ0) is 30.6. The van der Waals surface area contributed by atoms with Crippen molar-refractivity contribution in [3.63, 3.8) is 0 Å². The Morgan fingerprint density at radius 2 is 1.69 bits per heavy atom. The van der Waals surface area contributed by atoms with Crippen molar-refractivity contribution in [3.05, 3.63) is 70.7 Å². The summed E-state index contributed by atoms with van der Waals surface area (Å²) in [5.41, 5.74) is 1.48. The van der Waals surface area contributed by atoms with E-state index in [4.69, 9.17) is 19.2 Å². The summed E-state index contributed by atoms with van der Waals surface area (Å²) in [4.78, 5) is 46.8. The Hall–Kier alpha value is -4.25. The number of carbonyl (C=O) groups is 3. The SMILES string of the molecule is COC(=O)c1ccccc1C(=O)N[C@@H](C)c1nc2ccc(F)cc2c(OC)c1CN1CCN(C(=O)OC(C)(C)C)CC1. The van der Waals surface area contributed by atoms with E-state index in [-0.39, 0.29) is 17.2 Å². The van der Waals surface area contributed by atoms with Gasteiger partial charge >= 0.3 is 12.1 Å². The fraction of sp³-hybridized carbons (Fsp3) is 0.419. The molecule has 11 heteroatoms. The summed E-state index contributed by atoms with van der Waals surface area (Å²) in [5.74, 6) is -1.05. The van der Waals surface area contributed by atoms with Crippen LogP contribution >= 0.6 is 0 Å². The lowest BCUT2D eigenvalue weighted by molar-refractivity contribution is 0.0138. The van der Waals surface area contributed by atoms with Crippen molar-refractivity contribution in [2.75, 3.05) is 40.4 Å². The molecule has 42 heavy (non-hydrogen) atoms. The van der Waals surface area contributed by atoms with E-state index in [0.717, 1.165) is 0 Å². The molecule has 3 aromatic rings.